The molecule has 0 radical (unpaired) electrons. The van der Waals surface area contributed by atoms with Crippen LogP contribution in [0.25, 0.3) is 0 Å². The van der Waals surface area contributed by atoms with Gasteiger partial charge in [-0.2, -0.15) is 8.42 Å². The van der Waals surface area contributed by atoms with Crippen LogP contribution in [0.4, 0.5) is 4.79 Å². The third-order valence-corrected chi connectivity index (χ3v) is 6.45. The molecule has 1 aromatic rings. The van der Waals surface area contributed by atoms with Crippen molar-refractivity contribution >= 4 is 27.8 Å². The van der Waals surface area contributed by atoms with Crippen LogP contribution in [-0.4, -0.2) is 50.1 Å². The van der Waals surface area contributed by atoms with E-state index in [1.807, 2.05) is 33.8 Å². The highest BCUT2D eigenvalue weighted by atomic mass is 35.5. The minimum absolute atomic E-state index is 0.118. The van der Waals surface area contributed by atoms with Crippen LogP contribution in [0.2, 0.25) is 0 Å². The summed E-state index contributed by atoms with van der Waals surface area (Å²) in [5.41, 5.74) is 1.28. The van der Waals surface area contributed by atoms with E-state index >= 15 is 0 Å². The molecule has 162 valence electrons. The fraction of sp³-hybridized carbons (Fsp3) is 0.571. The molecule has 0 N–H and O–H groups in total. The van der Waals surface area contributed by atoms with Gasteiger partial charge in [-0.25, -0.2) is 4.79 Å². The van der Waals surface area contributed by atoms with Gasteiger partial charge in [0, 0.05) is 13.6 Å². The highest BCUT2D eigenvalue weighted by molar-refractivity contribution is 7.86. The second-order valence-corrected chi connectivity index (χ2v) is 10.4. The quantitative estimate of drug-likeness (QED) is 0.363. The van der Waals surface area contributed by atoms with Crippen LogP contribution >= 0.6 is 11.6 Å². The number of allylic oxidation sites excluding steroid dienone is 1. The molecule has 0 unspecified atom stereocenters. The summed E-state index contributed by atoms with van der Waals surface area (Å²) in [4.78, 5) is 13.7. The normalized spacial score (nSPS) is 20.1. The monoisotopic (exact) mass is 443 g/mol. The molecule has 0 bridgehead atoms. The minimum Gasteiger partial charge on any atom is -0.444 e. The van der Waals surface area contributed by atoms with Crippen molar-refractivity contribution in [2.75, 3.05) is 13.6 Å². The zero-order valence-corrected chi connectivity index (χ0v) is 19.2. The summed E-state index contributed by atoms with van der Waals surface area (Å²) in [5, 5.41) is -0.573. The van der Waals surface area contributed by atoms with E-state index in [-0.39, 0.29) is 4.90 Å². The molecule has 2 rings (SSSR count). The summed E-state index contributed by atoms with van der Waals surface area (Å²) < 4.78 is 36.0. The van der Waals surface area contributed by atoms with E-state index in [0.717, 1.165) is 11.1 Å². The summed E-state index contributed by atoms with van der Waals surface area (Å²) in [6, 6.07) is 6.52. The van der Waals surface area contributed by atoms with Crippen molar-refractivity contribution < 1.29 is 22.1 Å². The van der Waals surface area contributed by atoms with Gasteiger partial charge in [0.2, 0.25) is 0 Å². The van der Waals surface area contributed by atoms with E-state index in [1.54, 1.807) is 19.2 Å². The lowest BCUT2D eigenvalue weighted by Gasteiger charge is -2.29. The molecule has 2 atom stereocenters. The molecule has 0 saturated heterocycles. The number of halogens is 1. The first-order valence-electron chi connectivity index (χ1n) is 9.66. The first kappa shape index (κ1) is 23.7. The molecular weight excluding hydrogens is 414 g/mol. The standard InChI is InChI=1S/C21H30ClNO5S/c1-15-9-11-17(12-10-15)29(25,26)28-18-8-6-7-16(19(18)22)13-14-23(5)20(24)27-21(2,3)4/h7,9-12,18-19H,6,8,13-14H2,1-5H3/t18-,19-/m0/s1. The van der Waals surface area contributed by atoms with Gasteiger partial charge in [-0.1, -0.05) is 29.3 Å². The molecule has 0 spiro atoms. The molecule has 8 heteroatoms. The Morgan fingerprint density at radius 2 is 1.86 bits per heavy atom. The molecule has 6 nitrogen and oxygen atoms in total. The molecule has 0 fully saturated rings. The number of hydrogen-bond acceptors (Lipinski definition) is 5. The second kappa shape index (κ2) is 9.49. The highest BCUT2D eigenvalue weighted by Gasteiger charge is 2.32. The Hall–Kier alpha value is -1.57. The predicted molar refractivity (Wildman–Crippen MR) is 114 cm³/mol. The molecule has 29 heavy (non-hydrogen) atoms. The minimum atomic E-state index is -3.89. The van der Waals surface area contributed by atoms with Crippen molar-refractivity contribution in [1.29, 1.82) is 0 Å². The SMILES string of the molecule is Cc1ccc(S(=O)(=O)O[C@H]2CCC=C(CCN(C)C(=O)OC(C)(C)C)[C@@H]2Cl)cc1. The summed E-state index contributed by atoms with van der Waals surface area (Å²) in [6.45, 7) is 7.74. The van der Waals surface area contributed by atoms with Crippen molar-refractivity contribution in [3.63, 3.8) is 0 Å². The Kier molecular flexibility index (Phi) is 7.76. The van der Waals surface area contributed by atoms with Crippen molar-refractivity contribution in [2.45, 2.75) is 68.9 Å². The zero-order chi connectivity index (χ0) is 21.8. The van der Waals surface area contributed by atoms with Crippen LogP contribution < -0.4 is 0 Å². The van der Waals surface area contributed by atoms with Gasteiger partial charge in [-0.05, 0) is 59.1 Å². The maximum Gasteiger partial charge on any atom is 0.410 e. The van der Waals surface area contributed by atoms with Crippen LogP contribution in [0.15, 0.2) is 40.8 Å². The number of carbonyl (C=O) groups excluding carboxylic acids is 1. The molecule has 1 aromatic carbocycles. The van der Waals surface area contributed by atoms with Crippen LogP contribution in [0.5, 0.6) is 0 Å². The molecule has 0 aromatic heterocycles. The number of amides is 1. The molecule has 1 aliphatic rings. The first-order valence-corrected chi connectivity index (χ1v) is 11.5. The third kappa shape index (κ3) is 7.01. The van der Waals surface area contributed by atoms with Crippen LogP contribution in [0.3, 0.4) is 0 Å². The second-order valence-electron chi connectivity index (χ2n) is 8.31. The van der Waals surface area contributed by atoms with Gasteiger partial charge in [0.1, 0.15) is 5.60 Å². The van der Waals surface area contributed by atoms with Crippen LogP contribution in [0.1, 0.15) is 45.6 Å². The predicted octanol–water partition coefficient (Wildman–Crippen LogP) is 4.65. The average Bonchev–Trinajstić information content (AvgIpc) is 2.61. The van der Waals surface area contributed by atoms with Gasteiger partial charge >= 0.3 is 6.09 Å². The van der Waals surface area contributed by atoms with Crippen LogP contribution in [0, 0.1) is 6.92 Å². The van der Waals surface area contributed by atoms with Gasteiger partial charge < -0.3 is 9.64 Å². The Morgan fingerprint density at radius 1 is 1.24 bits per heavy atom. The number of ether oxygens (including phenoxy) is 1. The number of carbonyl (C=O) groups is 1. The lowest BCUT2D eigenvalue weighted by Crippen LogP contribution is -2.36. The number of rotatable bonds is 6. The van der Waals surface area contributed by atoms with Gasteiger partial charge in [0.05, 0.1) is 16.4 Å². The van der Waals surface area contributed by atoms with Crippen molar-refractivity contribution in [1.82, 2.24) is 4.90 Å². The smallest absolute Gasteiger partial charge is 0.410 e. The zero-order valence-electron chi connectivity index (χ0n) is 17.6. The third-order valence-electron chi connectivity index (χ3n) is 4.54. The number of hydrogen-bond donors (Lipinski definition) is 0. The fourth-order valence-corrected chi connectivity index (χ4v) is 4.47. The van der Waals surface area contributed by atoms with Gasteiger partial charge in [-0.15, -0.1) is 11.6 Å². The van der Waals surface area contributed by atoms with Crippen molar-refractivity contribution in [2.24, 2.45) is 0 Å². The lowest BCUT2D eigenvalue weighted by atomic mass is 9.94. The Bertz CT molecular complexity index is 843. The Morgan fingerprint density at radius 3 is 2.45 bits per heavy atom. The van der Waals surface area contributed by atoms with E-state index in [0.29, 0.717) is 25.8 Å². The van der Waals surface area contributed by atoms with E-state index in [2.05, 4.69) is 0 Å². The first-order chi connectivity index (χ1) is 13.4. The number of alkyl halides is 1. The molecule has 1 aliphatic carbocycles. The molecular formula is C21H30ClNO5S. The maximum absolute atomic E-state index is 12.6. The van der Waals surface area contributed by atoms with E-state index in [9.17, 15) is 13.2 Å². The molecule has 0 aliphatic heterocycles. The van der Waals surface area contributed by atoms with Gasteiger partial charge in [0.15, 0.2) is 0 Å². The maximum atomic E-state index is 12.6. The lowest BCUT2D eigenvalue weighted by molar-refractivity contribution is 0.0300. The molecule has 0 heterocycles. The largest absolute Gasteiger partial charge is 0.444 e. The Labute approximate surface area is 178 Å². The summed E-state index contributed by atoms with van der Waals surface area (Å²) in [6.07, 6.45) is 2.66. The van der Waals surface area contributed by atoms with Crippen LogP contribution in [-0.2, 0) is 19.0 Å². The van der Waals surface area contributed by atoms with E-state index in [1.165, 1.54) is 17.0 Å². The topological polar surface area (TPSA) is 72.9 Å². The highest BCUT2D eigenvalue weighted by Crippen LogP contribution is 2.31. The van der Waals surface area contributed by atoms with Gasteiger partial charge in [0.25, 0.3) is 10.1 Å². The Balaban J connectivity index is 1.97. The summed E-state index contributed by atoms with van der Waals surface area (Å²) in [5.74, 6) is 0. The van der Waals surface area contributed by atoms with E-state index < -0.39 is 33.3 Å². The number of benzene rings is 1. The summed E-state index contributed by atoms with van der Waals surface area (Å²) in [7, 11) is -2.23. The van der Waals surface area contributed by atoms with E-state index in [4.69, 9.17) is 20.5 Å². The average molecular weight is 444 g/mol. The summed E-state index contributed by atoms with van der Waals surface area (Å²) >= 11 is 6.54. The van der Waals surface area contributed by atoms with Crippen molar-refractivity contribution in [3.05, 3.63) is 41.5 Å². The number of nitrogens with zero attached hydrogens (tertiary/aromatic N) is 1. The van der Waals surface area contributed by atoms with Gasteiger partial charge in [-0.3, -0.25) is 4.18 Å². The fourth-order valence-electron chi connectivity index (χ4n) is 2.92. The number of aryl methyl sites for hydroxylation is 1. The molecule has 1 amide bonds. The van der Waals surface area contributed by atoms with Crippen molar-refractivity contribution in [3.8, 4) is 0 Å². The molecule has 0 saturated carbocycles.